The lowest BCUT2D eigenvalue weighted by atomic mass is 10.2. The molecule has 0 bridgehead atoms. The van der Waals surface area contributed by atoms with Gasteiger partial charge in [0.15, 0.2) is 0 Å². The van der Waals surface area contributed by atoms with Gasteiger partial charge in [0.05, 0.1) is 0 Å². The first-order chi connectivity index (χ1) is 6.79. The molecule has 1 N–H and O–H groups in total. The van der Waals surface area contributed by atoms with E-state index in [0.717, 1.165) is 5.56 Å². The highest BCUT2D eigenvalue weighted by molar-refractivity contribution is 5.85. The van der Waals surface area contributed by atoms with Gasteiger partial charge < -0.3 is 10.2 Å². The van der Waals surface area contributed by atoms with Gasteiger partial charge >= 0.3 is 0 Å². The summed E-state index contributed by atoms with van der Waals surface area (Å²) >= 11 is 0. The highest BCUT2D eigenvalue weighted by Crippen LogP contribution is 1.99. The number of oxime groups is 1. The summed E-state index contributed by atoms with van der Waals surface area (Å²) in [5.74, 6) is -0.169. The SMILES string of the molecule is CC(=O)N/C=N/OCc1ccccc1. The van der Waals surface area contributed by atoms with Crippen LogP contribution in [0.2, 0.25) is 0 Å². The molecule has 0 atom stereocenters. The number of nitrogens with one attached hydrogen (secondary N) is 1. The average Bonchev–Trinajstić information content (AvgIpc) is 2.18. The van der Waals surface area contributed by atoms with E-state index >= 15 is 0 Å². The van der Waals surface area contributed by atoms with Gasteiger partial charge in [0, 0.05) is 6.92 Å². The minimum Gasteiger partial charge on any atom is -0.390 e. The van der Waals surface area contributed by atoms with Gasteiger partial charge in [-0.3, -0.25) is 4.79 Å². The lowest BCUT2D eigenvalue weighted by Crippen LogP contribution is -2.17. The van der Waals surface area contributed by atoms with Crippen molar-refractivity contribution in [3.63, 3.8) is 0 Å². The zero-order valence-electron chi connectivity index (χ0n) is 7.93. The molecule has 14 heavy (non-hydrogen) atoms. The average molecular weight is 192 g/mol. The molecule has 0 unspecified atom stereocenters. The van der Waals surface area contributed by atoms with Crippen molar-refractivity contribution in [2.75, 3.05) is 0 Å². The Morgan fingerprint density at radius 1 is 1.50 bits per heavy atom. The number of carbonyl (C=O) groups excluding carboxylic acids is 1. The van der Waals surface area contributed by atoms with Gasteiger partial charge in [-0.2, -0.15) is 0 Å². The smallest absolute Gasteiger partial charge is 0.222 e. The van der Waals surface area contributed by atoms with Gasteiger partial charge in [0.25, 0.3) is 0 Å². The molecule has 1 amide bonds. The highest BCUT2D eigenvalue weighted by atomic mass is 16.6. The second kappa shape index (κ2) is 5.75. The predicted molar refractivity (Wildman–Crippen MR) is 53.5 cm³/mol. The molecule has 4 nitrogen and oxygen atoms in total. The van der Waals surface area contributed by atoms with E-state index < -0.39 is 0 Å². The lowest BCUT2D eigenvalue weighted by Gasteiger charge is -1.98. The lowest BCUT2D eigenvalue weighted by molar-refractivity contribution is -0.117. The predicted octanol–water partition coefficient (Wildman–Crippen LogP) is 1.28. The molecular formula is C10H12N2O2. The van der Waals surface area contributed by atoms with E-state index in [1.165, 1.54) is 13.3 Å². The van der Waals surface area contributed by atoms with Crippen LogP contribution in [0.1, 0.15) is 12.5 Å². The fourth-order valence-corrected chi connectivity index (χ4v) is 0.841. The number of benzene rings is 1. The van der Waals surface area contributed by atoms with Crippen LogP contribution in [-0.2, 0) is 16.2 Å². The zero-order valence-corrected chi connectivity index (χ0v) is 7.93. The molecule has 1 aromatic carbocycles. The van der Waals surface area contributed by atoms with Crippen LogP contribution in [0, 0.1) is 0 Å². The van der Waals surface area contributed by atoms with Crippen LogP contribution in [0.25, 0.3) is 0 Å². The van der Waals surface area contributed by atoms with E-state index in [0.29, 0.717) is 6.61 Å². The van der Waals surface area contributed by atoms with Crippen molar-refractivity contribution in [3.05, 3.63) is 35.9 Å². The first-order valence-corrected chi connectivity index (χ1v) is 4.24. The molecule has 1 rings (SSSR count). The Morgan fingerprint density at radius 3 is 2.86 bits per heavy atom. The quantitative estimate of drug-likeness (QED) is 0.444. The van der Waals surface area contributed by atoms with E-state index in [9.17, 15) is 4.79 Å². The van der Waals surface area contributed by atoms with Crippen molar-refractivity contribution in [1.29, 1.82) is 0 Å². The van der Waals surface area contributed by atoms with Crippen LogP contribution < -0.4 is 5.32 Å². The van der Waals surface area contributed by atoms with Crippen LogP contribution in [0.4, 0.5) is 0 Å². The van der Waals surface area contributed by atoms with Crippen LogP contribution in [0.15, 0.2) is 35.5 Å². The monoisotopic (exact) mass is 192 g/mol. The minimum absolute atomic E-state index is 0.169. The van der Waals surface area contributed by atoms with Gasteiger partial charge in [0.1, 0.15) is 12.9 Å². The Morgan fingerprint density at radius 2 is 2.21 bits per heavy atom. The standard InChI is InChI=1S/C10H12N2O2/c1-9(13)11-8-12-14-7-10-5-3-2-4-6-10/h2-6,8H,7H2,1H3,(H,11,12,13). The number of hydrogen-bond acceptors (Lipinski definition) is 3. The van der Waals surface area contributed by atoms with Crippen molar-refractivity contribution < 1.29 is 9.63 Å². The van der Waals surface area contributed by atoms with Crippen molar-refractivity contribution >= 4 is 12.2 Å². The molecule has 0 saturated carbocycles. The molecule has 0 aliphatic rings. The summed E-state index contributed by atoms with van der Waals surface area (Å²) in [6.07, 6.45) is 1.23. The Kier molecular flexibility index (Phi) is 4.20. The number of hydrogen-bond donors (Lipinski definition) is 1. The highest BCUT2D eigenvalue weighted by Gasteiger charge is 1.88. The Bertz CT molecular complexity index is 309. The van der Waals surface area contributed by atoms with Gasteiger partial charge in [0.2, 0.25) is 5.91 Å². The van der Waals surface area contributed by atoms with E-state index in [-0.39, 0.29) is 5.91 Å². The first kappa shape index (κ1) is 10.2. The maximum Gasteiger partial charge on any atom is 0.222 e. The molecule has 0 aromatic heterocycles. The van der Waals surface area contributed by atoms with E-state index in [4.69, 9.17) is 4.84 Å². The number of rotatable bonds is 4. The molecule has 0 fully saturated rings. The molecule has 0 saturated heterocycles. The normalized spacial score (nSPS) is 10.1. The van der Waals surface area contributed by atoms with Crippen LogP contribution in [0.3, 0.4) is 0 Å². The Hall–Kier alpha value is -1.84. The zero-order chi connectivity index (χ0) is 10.2. The van der Waals surface area contributed by atoms with Crippen LogP contribution in [0.5, 0.6) is 0 Å². The number of nitrogens with zero attached hydrogens (tertiary/aromatic N) is 1. The molecule has 0 radical (unpaired) electrons. The van der Waals surface area contributed by atoms with Crippen LogP contribution in [-0.4, -0.2) is 12.2 Å². The van der Waals surface area contributed by atoms with Crippen LogP contribution >= 0.6 is 0 Å². The van der Waals surface area contributed by atoms with E-state index in [1.807, 2.05) is 30.3 Å². The van der Waals surface area contributed by atoms with Crippen molar-refractivity contribution in [2.45, 2.75) is 13.5 Å². The second-order valence-corrected chi connectivity index (χ2v) is 2.69. The summed E-state index contributed by atoms with van der Waals surface area (Å²) in [7, 11) is 0. The summed E-state index contributed by atoms with van der Waals surface area (Å²) in [4.78, 5) is 15.3. The molecule has 0 heterocycles. The topological polar surface area (TPSA) is 50.7 Å². The largest absolute Gasteiger partial charge is 0.390 e. The van der Waals surface area contributed by atoms with E-state index in [2.05, 4.69) is 10.5 Å². The van der Waals surface area contributed by atoms with Crippen molar-refractivity contribution in [3.8, 4) is 0 Å². The van der Waals surface area contributed by atoms with Crippen molar-refractivity contribution in [1.82, 2.24) is 5.32 Å². The van der Waals surface area contributed by atoms with Gasteiger partial charge in [-0.15, -0.1) is 0 Å². The summed E-state index contributed by atoms with van der Waals surface area (Å²) in [6, 6.07) is 9.67. The Labute approximate surface area is 82.6 Å². The summed E-state index contributed by atoms with van der Waals surface area (Å²) in [6.45, 7) is 1.81. The molecule has 0 spiro atoms. The Balaban J connectivity index is 2.22. The fraction of sp³-hybridized carbons (Fsp3) is 0.200. The van der Waals surface area contributed by atoms with Gasteiger partial charge in [-0.1, -0.05) is 35.5 Å². The molecule has 4 heteroatoms. The maximum atomic E-state index is 10.4. The summed E-state index contributed by atoms with van der Waals surface area (Å²) in [5, 5.41) is 5.93. The molecule has 1 aromatic rings. The number of amides is 1. The maximum absolute atomic E-state index is 10.4. The third-order valence-corrected chi connectivity index (χ3v) is 1.47. The first-order valence-electron chi connectivity index (χ1n) is 4.24. The fourth-order valence-electron chi connectivity index (χ4n) is 0.841. The third-order valence-electron chi connectivity index (χ3n) is 1.47. The summed E-state index contributed by atoms with van der Waals surface area (Å²) < 4.78 is 0. The molecule has 0 aliphatic carbocycles. The van der Waals surface area contributed by atoms with Gasteiger partial charge in [-0.05, 0) is 5.56 Å². The molecular weight excluding hydrogens is 180 g/mol. The molecule has 74 valence electrons. The molecule has 0 aliphatic heterocycles. The summed E-state index contributed by atoms with van der Waals surface area (Å²) in [5.41, 5.74) is 1.03. The minimum atomic E-state index is -0.169. The van der Waals surface area contributed by atoms with Crippen molar-refractivity contribution in [2.24, 2.45) is 5.16 Å². The third kappa shape index (κ3) is 4.25. The van der Waals surface area contributed by atoms with E-state index in [1.54, 1.807) is 0 Å². The van der Waals surface area contributed by atoms with Gasteiger partial charge in [-0.25, -0.2) is 0 Å². The second-order valence-electron chi connectivity index (χ2n) is 2.69. The number of carbonyl (C=O) groups is 1.